The van der Waals surface area contributed by atoms with Crippen molar-refractivity contribution in [3.8, 4) is 0 Å². The van der Waals surface area contributed by atoms with E-state index >= 15 is 0 Å². The maximum absolute atomic E-state index is 12.4. The standard InChI is InChI=1S/C14H15F3N2O4/c1-8(12(21)23-2)18-11(20)10(9-6-4-3-5-7-9)19-13(22)14(15,16)17/h3-8,10H,1-2H3,(H,18,20)(H,19,22)/t8-,10-/m1/s1. The Balaban J connectivity index is 2.98. The Kier molecular flexibility index (Phi) is 6.11. The van der Waals surface area contributed by atoms with E-state index in [2.05, 4.69) is 10.1 Å². The molecule has 1 aromatic rings. The quantitative estimate of drug-likeness (QED) is 0.791. The van der Waals surface area contributed by atoms with Gasteiger partial charge in [0.15, 0.2) is 0 Å². The third kappa shape index (κ3) is 5.28. The normalized spacial score (nSPS) is 13.6. The minimum atomic E-state index is -5.14. The van der Waals surface area contributed by atoms with Gasteiger partial charge < -0.3 is 15.4 Å². The van der Waals surface area contributed by atoms with Gasteiger partial charge in [-0.05, 0) is 12.5 Å². The molecule has 9 heteroatoms. The zero-order valence-corrected chi connectivity index (χ0v) is 12.3. The molecule has 0 radical (unpaired) electrons. The average Bonchev–Trinajstić information content (AvgIpc) is 2.51. The number of carbonyl (C=O) groups excluding carboxylic acids is 3. The van der Waals surface area contributed by atoms with Gasteiger partial charge in [0, 0.05) is 0 Å². The predicted molar refractivity (Wildman–Crippen MR) is 73.0 cm³/mol. The Morgan fingerprint density at radius 3 is 2.13 bits per heavy atom. The first kappa shape index (κ1) is 18.5. The Bertz CT molecular complexity index is 575. The largest absolute Gasteiger partial charge is 0.471 e. The highest BCUT2D eigenvalue weighted by Gasteiger charge is 2.41. The summed E-state index contributed by atoms with van der Waals surface area (Å²) in [6, 6.07) is 4.67. The molecule has 126 valence electrons. The number of methoxy groups -OCH3 is 1. The number of amides is 2. The van der Waals surface area contributed by atoms with E-state index < -0.39 is 36.0 Å². The summed E-state index contributed by atoms with van der Waals surface area (Å²) in [5.41, 5.74) is 0.139. The highest BCUT2D eigenvalue weighted by molar-refractivity contribution is 5.92. The van der Waals surface area contributed by atoms with Crippen LogP contribution in [0.15, 0.2) is 30.3 Å². The minimum absolute atomic E-state index is 0.139. The molecule has 0 unspecified atom stereocenters. The molecule has 0 saturated carbocycles. The van der Waals surface area contributed by atoms with Crippen LogP contribution in [0.25, 0.3) is 0 Å². The van der Waals surface area contributed by atoms with Gasteiger partial charge in [-0.3, -0.25) is 9.59 Å². The molecular formula is C14H15F3N2O4. The second-order valence-electron chi connectivity index (χ2n) is 4.57. The van der Waals surface area contributed by atoms with Crippen molar-refractivity contribution in [2.45, 2.75) is 25.2 Å². The summed E-state index contributed by atoms with van der Waals surface area (Å²) < 4.78 is 41.7. The maximum atomic E-state index is 12.4. The van der Waals surface area contributed by atoms with Crippen LogP contribution < -0.4 is 10.6 Å². The smallest absolute Gasteiger partial charge is 0.467 e. The van der Waals surface area contributed by atoms with Crippen molar-refractivity contribution in [2.24, 2.45) is 0 Å². The fraction of sp³-hybridized carbons (Fsp3) is 0.357. The van der Waals surface area contributed by atoms with Crippen molar-refractivity contribution < 1.29 is 32.3 Å². The van der Waals surface area contributed by atoms with E-state index in [1.54, 1.807) is 11.4 Å². The van der Waals surface area contributed by atoms with Gasteiger partial charge in [-0.15, -0.1) is 0 Å². The molecule has 6 nitrogen and oxygen atoms in total. The second kappa shape index (κ2) is 7.61. The van der Waals surface area contributed by atoms with Gasteiger partial charge in [-0.2, -0.15) is 13.2 Å². The number of esters is 1. The molecule has 0 aliphatic rings. The summed E-state index contributed by atoms with van der Waals surface area (Å²) in [6.07, 6.45) is -5.14. The van der Waals surface area contributed by atoms with E-state index in [1.165, 1.54) is 31.2 Å². The Morgan fingerprint density at radius 2 is 1.65 bits per heavy atom. The molecular weight excluding hydrogens is 317 g/mol. The predicted octanol–water partition coefficient (Wildman–Crippen LogP) is 1.08. The molecule has 0 aliphatic carbocycles. The lowest BCUT2D eigenvalue weighted by molar-refractivity contribution is -0.174. The molecule has 1 aromatic carbocycles. The van der Waals surface area contributed by atoms with Crippen molar-refractivity contribution in [1.29, 1.82) is 0 Å². The Labute approximate surface area is 130 Å². The molecule has 2 amide bonds. The molecule has 0 saturated heterocycles. The van der Waals surface area contributed by atoms with Crippen molar-refractivity contribution in [2.75, 3.05) is 7.11 Å². The lowest BCUT2D eigenvalue weighted by atomic mass is 10.1. The van der Waals surface area contributed by atoms with E-state index in [4.69, 9.17) is 0 Å². The molecule has 23 heavy (non-hydrogen) atoms. The van der Waals surface area contributed by atoms with Crippen molar-refractivity contribution in [1.82, 2.24) is 10.6 Å². The molecule has 2 N–H and O–H groups in total. The molecule has 0 heterocycles. The van der Waals surface area contributed by atoms with Crippen LogP contribution in [-0.2, 0) is 19.1 Å². The monoisotopic (exact) mass is 332 g/mol. The number of carbonyl (C=O) groups is 3. The van der Waals surface area contributed by atoms with Crippen molar-refractivity contribution >= 4 is 17.8 Å². The van der Waals surface area contributed by atoms with E-state index in [0.29, 0.717) is 0 Å². The number of rotatable bonds is 5. The van der Waals surface area contributed by atoms with Crippen LogP contribution >= 0.6 is 0 Å². The fourth-order valence-electron chi connectivity index (χ4n) is 1.69. The first-order chi connectivity index (χ1) is 10.7. The Hall–Kier alpha value is -2.58. The second-order valence-corrected chi connectivity index (χ2v) is 4.57. The number of halogens is 3. The summed E-state index contributed by atoms with van der Waals surface area (Å²) in [4.78, 5) is 34.5. The van der Waals surface area contributed by atoms with E-state index in [0.717, 1.165) is 7.11 Å². The number of hydrogen-bond donors (Lipinski definition) is 2. The molecule has 0 bridgehead atoms. The van der Waals surface area contributed by atoms with Gasteiger partial charge >= 0.3 is 18.1 Å². The lowest BCUT2D eigenvalue weighted by Gasteiger charge is -2.21. The van der Waals surface area contributed by atoms with E-state index in [-0.39, 0.29) is 5.56 Å². The fourth-order valence-corrected chi connectivity index (χ4v) is 1.69. The first-order valence-corrected chi connectivity index (χ1v) is 6.47. The molecule has 1 rings (SSSR count). The van der Waals surface area contributed by atoms with Gasteiger partial charge in [0.25, 0.3) is 0 Å². The maximum Gasteiger partial charge on any atom is 0.471 e. The number of benzene rings is 1. The highest BCUT2D eigenvalue weighted by atomic mass is 19.4. The topological polar surface area (TPSA) is 84.5 Å². The summed E-state index contributed by atoms with van der Waals surface area (Å²) in [7, 11) is 1.10. The van der Waals surface area contributed by atoms with Crippen LogP contribution in [0.5, 0.6) is 0 Å². The van der Waals surface area contributed by atoms with Crippen LogP contribution in [0, 0.1) is 0 Å². The summed E-state index contributed by atoms with van der Waals surface area (Å²) in [5.74, 6) is -3.99. The summed E-state index contributed by atoms with van der Waals surface area (Å²) in [6.45, 7) is 1.30. The summed E-state index contributed by atoms with van der Waals surface area (Å²) in [5, 5.41) is 3.80. The van der Waals surface area contributed by atoms with Crippen molar-refractivity contribution in [3.63, 3.8) is 0 Å². The molecule has 2 atom stereocenters. The molecule has 0 spiro atoms. The zero-order chi connectivity index (χ0) is 17.6. The van der Waals surface area contributed by atoms with Gasteiger partial charge in [0.1, 0.15) is 12.1 Å². The van der Waals surface area contributed by atoms with Crippen LogP contribution in [0.3, 0.4) is 0 Å². The zero-order valence-electron chi connectivity index (χ0n) is 12.3. The van der Waals surface area contributed by atoms with Crippen LogP contribution in [0.4, 0.5) is 13.2 Å². The van der Waals surface area contributed by atoms with E-state index in [1.807, 2.05) is 0 Å². The first-order valence-electron chi connectivity index (χ1n) is 6.47. The van der Waals surface area contributed by atoms with Gasteiger partial charge in [0.2, 0.25) is 5.91 Å². The highest BCUT2D eigenvalue weighted by Crippen LogP contribution is 2.19. The SMILES string of the molecule is COC(=O)[C@@H](C)NC(=O)[C@H](NC(=O)C(F)(F)F)c1ccccc1. The molecule has 0 aromatic heterocycles. The average molecular weight is 332 g/mol. The molecule has 0 fully saturated rings. The Morgan fingerprint density at radius 1 is 1.09 bits per heavy atom. The number of nitrogens with one attached hydrogen (secondary N) is 2. The number of hydrogen-bond acceptors (Lipinski definition) is 4. The van der Waals surface area contributed by atoms with Gasteiger partial charge in [-0.1, -0.05) is 30.3 Å². The number of alkyl halides is 3. The van der Waals surface area contributed by atoms with E-state index in [9.17, 15) is 27.6 Å². The molecule has 0 aliphatic heterocycles. The van der Waals surface area contributed by atoms with Crippen LogP contribution in [0.2, 0.25) is 0 Å². The third-order valence-corrected chi connectivity index (χ3v) is 2.84. The third-order valence-electron chi connectivity index (χ3n) is 2.84. The van der Waals surface area contributed by atoms with Crippen LogP contribution in [-0.4, -0.2) is 37.1 Å². The summed E-state index contributed by atoms with van der Waals surface area (Å²) >= 11 is 0. The number of ether oxygens (including phenoxy) is 1. The minimum Gasteiger partial charge on any atom is -0.467 e. The van der Waals surface area contributed by atoms with Crippen molar-refractivity contribution in [3.05, 3.63) is 35.9 Å². The van der Waals surface area contributed by atoms with Gasteiger partial charge in [-0.25, -0.2) is 4.79 Å². The van der Waals surface area contributed by atoms with Crippen LogP contribution in [0.1, 0.15) is 18.5 Å². The lowest BCUT2D eigenvalue weighted by Crippen LogP contribution is -2.48. The van der Waals surface area contributed by atoms with Gasteiger partial charge in [0.05, 0.1) is 7.11 Å².